The molecule has 0 amide bonds. The number of halogens is 3. The van der Waals surface area contributed by atoms with E-state index in [2.05, 4.69) is 10.2 Å². The number of ether oxygens (including phenoxy) is 1. The maximum Gasteiger partial charge on any atom is 0.253 e. The summed E-state index contributed by atoms with van der Waals surface area (Å²) in [4.78, 5) is 0. The van der Waals surface area contributed by atoms with Gasteiger partial charge < -0.3 is 9.15 Å². The lowest BCUT2D eigenvalue weighted by molar-refractivity contribution is 0.260. The van der Waals surface area contributed by atoms with E-state index >= 15 is 0 Å². The third-order valence-corrected chi connectivity index (χ3v) is 2.64. The Morgan fingerprint density at radius 2 is 1.94 bits per heavy atom. The molecule has 17 heavy (non-hydrogen) atoms. The predicted octanol–water partition coefficient (Wildman–Crippen LogP) is 3.69. The van der Waals surface area contributed by atoms with Gasteiger partial charge in [-0.2, -0.15) is 0 Å². The van der Waals surface area contributed by atoms with Crippen molar-refractivity contribution < 1.29 is 9.15 Å². The van der Waals surface area contributed by atoms with E-state index in [1.807, 2.05) is 0 Å². The fourth-order valence-electron chi connectivity index (χ4n) is 1.13. The molecule has 1 aromatic carbocycles. The van der Waals surface area contributed by atoms with Crippen LogP contribution in [0.25, 0.3) is 0 Å². The molecule has 0 aliphatic heterocycles. The minimum atomic E-state index is 0.115. The van der Waals surface area contributed by atoms with Gasteiger partial charge in [-0.25, -0.2) is 0 Å². The fourth-order valence-corrected chi connectivity index (χ4v) is 1.57. The Hall–Kier alpha value is -0.970. The maximum absolute atomic E-state index is 5.92. The molecule has 0 unspecified atom stereocenters. The van der Waals surface area contributed by atoms with E-state index in [0.717, 1.165) is 0 Å². The van der Waals surface area contributed by atoms with Crippen LogP contribution in [-0.2, 0) is 12.5 Å². The fraction of sp³-hybridized carbons (Fsp3) is 0.200. The van der Waals surface area contributed by atoms with E-state index in [0.29, 0.717) is 27.6 Å². The summed E-state index contributed by atoms with van der Waals surface area (Å²) < 4.78 is 10.6. The summed E-state index contributed by atoms with van der Waals surface area (Å²) in [6.45, 7) is 0.115. The monoisotopic (exact) mass is 292 g/mol. The molecule has 2 aromatic rings. The Morgan fingerprint density at radius 1 is 1.18 bits per heavy atom. The third-order valence-electron chi connectivity index (χ3n) is 1.87. The molecule has 90 valence electrons. The number of rotatable bonds is 4. The summed E-state index contributed by atoms with van der Waals surface area (Å²) >= 11 is 17.3. The first kappa shape index (κ1) is 12.5. The first-order valence-corrected chi connectivity index (χ1v) is 5.93. The van der Waals surface area contributed by atoms with Gasteiger partial charge in [0.05, 0.1) is 5.02 Å². The number of benzene rings is 1. The maximum atomic E-state index is 5.92. The lowest BCUT2D eigenvalue weighted by Crippen LogP contribution is -1.96. The predicted molar refractivity (Wildman–Crippen MR) is 64.6 cm³/mol. The van der Waals surface area contributed by atoms with Crippen LogP contribution in [0.4, 0.5) is 0 Å². The Kier molecular flexibility index (Phi) is 4.10. The highest BCUT2D eigenvalue weighted by atomic mass is 35.5. The van der Waals surface area contributed by atoms with Crippen molar-refractivity contribution in [2.24, 2.45) is 0 Å². The van der Waals surface area contributed by atoms with Gasteiger partial charge in [0.2, 0.25) is 5.89 Å². The van der Waals surface area contributed by atoms with Gasteiger partial charge in [-0.15, -0.1) is 21.8 Å². The Labute approximate surface area is 112 Å². The largest absolute Gasteiger partial charge is 0.482 e. The van der Waals surface area contributed by atoms with Gasteiger partial charge in [0.15, 0.2) is 6.61 Å². The highest BCUT2D eigenvalue weighted by molar-refractivity contribution is 6.34. The summed E-state index contributed by atoms with van der Waals surface area (Å²) in [5.41, 5.74) is 0. The highest BCUT2D eigenvalue weighted by Gasteiger charge is 2.08. The van der Waals surface area contributed by atoms with Crippen molar-refractivity contribution in [2.45, 2.75) is 12.5 Å². The molecule has 0 fully saturated rings. The quantitative estimate of drug-likeness (QED) is 0.807. The van der Waals surface area contributed by atoms with Crippen LogP contribution in [0, 0.1) is 0 Å². The van der Waals surface area contributed by atoms with E-state index < -0.39 is 0 Å². The molecule has 0 saturated heterocycles. The van der Waals surface area contributed by atoms with Gasteiger partial charge in [0, 0.05) is 11.1 Å². The van der Waals surface area contributed by atoms with E-state index in [1.165, 1.54) is 0 Å². The molecular weight excluding hydrogens is 286 g/mol. The molecule has 0 spiro atoms. The zero-order chi connectivity index (χ0) is 12.3. The zero-order valence-corrected chi connectivity index (χ0v) is 10.8. The second-order valence-electron chi connectivity index (χ2n) is 3.09. The van der Waals surface area contributed by atoms with Crippen molar-refractivity contribution in [1.29, 1.82) is 0 Å². The van der Waals surface area contributed by atoms with Crippen LogP contribution in [0.2, 0.25) is 10.0 Å². The van der Waals surface area contributed by atoms with Crippen molar-refractivity contribution in [1.82, 2.24) is 10.2 Å². The second kappa shape index (κ2) is 5.58. The molecule has 0 atom stereocenters. The van der Waals surface area contributed by atoms with Crippen molar-refractivity contribution in [2.75, 3.05) is 0 Å². The zero-order valence-electron chi connectivity index (χ0n) is 8.49. The van der Waals surface area contributed by atoms with Gasteiger partial charge in [0.25, 0.3) is 5.89 Å². The van der Waals surface area contributed by atoms with Gasteiger partial charge in [-0.1, -0.05) is 23.2 Å². The molecule has 0 saturated carbocycles. The summed E-state index contributed by atoms with van der Waals surface area (Å²) in [5, 5.41) is 8.45. The van der Waals surface area contributed by atoms with Crippen LogP contribution in [-0.4, -0.2) is 10.2 Å². The normalized spacial score (nSPS) is 10.5. The minimum Gasteiger partial charge on any atom is -0.482 e. The number of nitrogens with zero attached hydrogens (tertiary/aromatic N) is 2. The minimum absolute atomic E-state index is 0.115. The molecule has 0 aliphatic rings. The Balaban J connectivity index is 2.04. The number of alkyl halides is 1. The smallest absolute Gasteiger partial charge is 0.253 e. The average molecular weight is 294 g/mol. The molecule has 1 heterocycles. The van der Waals surface area contributed by atoms with Gasteiger partial charge in [-0.05, 0) is 12.1 Å². The summed E-state index contributed by atoms with van der Waals surface area (Å²) in [6.07, 6.45) is 0. The molecule has 0 N–H and O–H groups in total. The lowest BCUT2D eigenvalue weighted by Gasteiger charge is -2.05. The first-order chi connectivity index (χ1) is 8.19. The second-order valence-corrected chi connectivity index (χ2v) is 4.20. The standard InChI is InChI=1S/C10H7Cl3N2O2/c11-4-9-14-15-10(17-9)5-16-8-3-6(12)1-2-7(8)13/h1-3H,4-5H2. The van der Waals surface area contributed by atoms with Crippen LogP contribution >= 0.6 is 34.8 Å². The van der Waals surface area contributed by atoms with Crippen molar-refractivity contribution >= 4 is 34.8 Å². The van der Waals surface area contributed by atoms with E-state index in [9.17, 15) is 0 Å². The average Bonchev–Trinajstić information content (AvgIpc) is 2.78. The van der Waals surface area contributed by atoms with E-state index in [1.54, 1.807) is 18.2 Å². The molecular formula is C10H7Cl3N2O2. The topological polar surface area (TPSA) is 48.2 Å². The third kappa shape index (κ3) is 3.25. The van der Waals surface area contributed by atoms with Crippen molar-refractivity contribution in [3.63, 3.8) is 0 Å². The number of aromatic nitrogens is 2. The van der Waals surface area contributed by atoms with Gasteiger partial charge >= 0.3 is 0 Å². The van der Waals surface area contributed by atoms with E-state index in [4.69, 9.17) is 44.0 Å². The summed E-state index contributed by atoms with van der Waals surface area (Å²) in [6, 6.07) is 4.94. The molecule has 0 aliphatic carbocycles. The lowest BCUT2D eigenvalue weighted by atomic mass is 10.3. The molecule has 4 nitrogen and oxygen atoms in total. The number of hydrogen-bond acceptors (Lipinski definition) is 4. The summed E-state index contributed by atoms with van der Waals surface area (Å²) in [5.74, 6) is 1.31. The Bertz CT molecular complexity index is 516. The van der Waals surface area contributed by atoms with Crippen molar-refractivity contribution in [3.8, 4) is 5.75 Å². The van der Waals surface area contributed by atoms with Crippen LogP contribution in [0.15, 0.2) is 22.6 Å². The highest BCUT2D eigenvalue weighted by Crippen LogP contribution is 2.28. The van der Waals surface area contributed by atoms with E-state index in [-0.39, 0.29) is 12.5 Å². The first-order valence-electron chi connectivity index (χ1n) is 4.64. The Morgan fingerprint density at radius 3 is 2.65 bits per heavy atom. The van der Waals surface area contributed by atoms with Crippen LogP contribution in [0.3, 0.4) is 0 Å². The van der Waals surface area contributed by atoms with Crippen LogP contribution < -0.4 is 4.74 Å². The molecule has 0 bridgehead atoms. The van der Waals surface area contributed by atoms with Crippen molar-refractivity contribution in [3.05, 3.63) is 40.0 Å². The molecule has 7 heteroatoms. The SMILES string of the molecule is ClCc1nnc(COc2cc(Cl)ccc2Cl)o1. The van der Waals surface area contributed by atoms with Gasteiger partial charge in [-0.3, -0.25) is 0 Å². The molecule has 2 rings (SSSR count). The molecule has 0 radical (unpaired) electrons. The summed E-state index contributed by atoms with van der Waals surface area (Å²) in [7, 11) is 0. The van der Waals surface area contributed by atoms with Crippen LogP contribution in [0.5, 0.6) is 5.75 Å². The molecule has 1 aromatic heterocycles. The number of hydrogen-bond donors (Lipinski definition) is 0. The van der Waals surface area contributed by atoms with Gasteiger partial charge in [0.1, 0.15) is 11.6 Å². The van der Waals surface area contributed by atoms with Crippen LogP contribution in [0.1, 0.15) is 11.8 Å².